The number of hydrogen-bond donors (Lipinski definition) is 4. The van der Waals surface area contributed by atoms with Crippen LogP contribution in [-0.2, 0) is 15.8 Å². The molecule has 0 aliphatic heterocycles. The molecule has 0 heterocycles. The summed E-state index contributed by atoms with van der Waals surface area (Å²) in [6, 6.07) is 16.9. The number of rotatable bonds is 10. The maximum Gasteiger partial charge on any atom is 0.417 e. The summed E-state index contributed by atoms with van der Waals surface area (Å²) >= 11 is 11.3. The van der Waals surface area contributed by atoms with Gasteiger partial charge in [-0.05, 0) is 96.5 Å². The lowest BCUT2D eigenvalue weighted by atomic mass is 10.1. The Morgan fingerprint density at radius 2 is 1.00 bits per heavy atom. The van der Waals surface area contributed by atoms with Gasteiger partial charge in [-0.1, -0.05) is 71.8 Å². The summed E-state index contributed by atoms with van der Waals surface area (Å²) in [6.45, 7) is 0. The molecule has 0 atom stereocenters. The minimum atomic E-state index is -4.53. The Morgan fingerprint density at radius 3 is 1.38 bits per heavy atom. The zero-order valence-corrected chi connectivity index (χ0v) is 29.0. The third kappa shape index (κ3) is 10.8. The molecule has 0 saturated heterocycles. The summed E-state index contributed by atoms with van der Waals surface area (Å²) < 4.78 is 51.7. The Balaban J connectivity index is 0.000000206. The maximum atomic E-state index is 13.4. The molecule has 0 radical (unpaired) electrons. The van der Waals surface area contributed by atoms with E-state index in [0.29, 0.717) is 22.3 Å². The van der Waals surface area contributed by atoms with Crippen LogP contribution in [-0.4, -0.2) is 34.0 Å². The standard InChI is InChI=1S/C20H15ClF3NO3.C19H15ClFNO3/c21-16-10-12(3-7-15(16)20(22,23)24)2-1-11-4-8-17(14(9-11)19(27)28)25-18(26)13-5-6-13;20-15-7-3-12(10-16(15)21)2-1-11-4-8-17(14(9-11)19(24)25)22-18(23)13-5-6-13/h1-4,7-10,13H,5-6H2,(H,25,26)(H,27,28);1-4,7-10,13H,5-6H2,(H,22,23)(H,24,25). The number of amides is 2. The van der Waals surface area contributed by atoms with E-state index in [0.717, 1.165) is 31.7 Å². The molecule has 0 aromatic heterocycles. The van der Waals surface area contributed by atoms with Crippen LogP contribution in [0.3, 0.4) is 0 Å². The molecule has 6 rings (SSSR count). The van der Waals surface area contributed by atoms with Crippen molar-refractivity contribution >= 4 is 82.6 Å². The first-order valence-corrected chi connectivity index (χ1v) is 16.9. The first-order chi connectivity index (χ1) is 25.1. The van der Waals surface area contributed by atoms with Gasteiger partial charge in [0, 0.05) is 11.8 Å². The molecular formula is C39H30Cl2F4N2O6. The van der Waals surface area contributed by atoms with E-state index in [1.807, 2.05) is 0 Å². The number of benzene rings is 4. The average Bonchev–Trinajstić information content (AvgIpc) is 4.02. The molecule has 4 aromatic carbocycles. The maximum absolute atomic E-state index is 13.4. The molecule has 0 spiro atoms. The smallest absolute Gasteiger partial charge is 0.417 e. The molecule has 2 fully saturated rings. The first-order valence-electron chi connectivity index (χ1n) is 16.1. The molecule has 4 aromatic rings. The number of carboxylic acid groups (broad SMARTS) is 2. The number of alkyl halides is 3. The van der Waals surface area contributed by atoms with Crippen LogP contribution in [0, 0.1) is 17.7 Å². The second kappa shape index (κ2) is 16.5. The quantitative estimate of drug-likeness (QED) is 0.0938. The number of halogens is 6. The lowest BCUT2D eigenvalue weighted by Gasteiger charge is -2.09. The van der Waals surface area contributed by atoms with Crippen molar-refractivity contribution < 1.29 is 47.0 Å². The number of hydrogen-bond acceptors (Lipinski definition) is 4. The van der Waals surface area contributed by atoms with Gasteiger partial charge in [-0.15, -0.1) is 0 Å². The Hall–Kier alpha value is -5.46. The van der Waals surface area contributed by atoms with Gasteiger partial charge in [-0.2, -0.15) is 13.2 Å². The summed E-state index contributed by atoms with van der Waals surface area (Å²) in [7, 11) is 0. The number of aromatic carboxylic acids is 2. The van der Waals surface area contributed by atoms with Crippen LogP contribution >= 0.6 is 23.2 Å². The van der Waals surface area contributed by atoms with Crippen LogP contribution in [0.5, 0.6) is 0 Å². The summed E-state index contributed by atoms with van der Waals surface area (Å²) in [5, 5.41) is 23.7. The van der Waals surface area contributed by atoms with Gasteiger partial charge in [0.25, 0.3) is 0 Å². The van der Waals surface area contributed by atoms with E-state index in [1.54, 1.807) is 42.5 Å². The van der Waals surface area contributed by atoms with Gasteiger partial charge < -0.3 is 20.8 Å². The number of carbonyl (C=O) groups excluding carboxylic acids is 2. The van der Waals surface area contributed by atoms with E-state index < -0.39 is 34.5 Å². The molecule has 2 aliphatic rings. The van der Waals surface area contributed by atoms with Crippen molar-refractivity contribution in [3.05, 3.63) is 128 Å². The van der Waals surface area contributed by atoms with E-state index >= 15 is 0 Å². The molecule has 8 nitrogen and oxygen atoms in total. The predicted molar refractivity (Wildman–Crippen MR) is 195 cm³/mol. The fourth-order valence-corrected chi connectivity index (χ4v) is 5.34. The molecule has 4 N–H and O–H groups in total. The lowest BCUT2D eigenvalue weighted by molar-refractivity contribution is -0.137. The number of nitrogens with one attached hydrogen (secondary N) is 2. The fraction of sp³-hybridized carbons (Fsp3) is 0.179. The van der Waals surface area contributed by atoms with Crippen LogP contribution in [0.15, 0.2) is 72.8 Å². The van der Waals surface area contributed by atoms with Crippen molar-refractivity contribution in [3.8, 4) is 0 Å². The summed E-state index contributed by atoms with van der Waals surface area (Å²) in [6.07, 6.45) is 5.14. The summed E-state index contributed by atoms with van der Waals surface area (Å²) in [5.74, 6) is -3.27. The molecule has 274 valence electrons. The van der Waals surface area contributed by atoms with Crippen LogP contribution in [0.1, 0.15) is 74.2 Å². The van der Waals surface area contributed by atoms with Gasteiger partial charge in [-0.25, -0.2) is 14.0 Å². The van der Waals surface area contributed by atoms with Crippen LogP contribution < -0.4 is 10.6 Å². The number of carboxylic acids is 2. The Bertz CT molecular complexity index is 2140. The van der Waals surface area contributed by atoms with Crippen molar-refractivity contribution in [2.45, 2.75) is 31.9 Å². The van der Waals surface area contributed by atoms with Crippen molar-refractivity contribution in [1.29, 1.82) is 0 Å². The zero-order chi connectivity index (χ0) is 38.4. The lowest BCUT2D eigenvalue weighted by Crippen LogP contribution is -2.16. The molecule has 14 heteroatoms. The largest absolute Gasteiger partial charge is 0.478 e. The third-order valence-corrected chi connectivity index (χ3v) is 8.76. The molecule has 2 amide bonds. The van der Waals surface area contributed by atoms with E-state index in [9.17, 15) is 47.0 Å². The van der Waals surface area contributed by atoms with E-state index in [1.165, 1.54) is 48.5 Å². The molecule has 2 saturated carbocycles. The van der Waals surface area contributed by atoms with Gasteiger partial charge >= 0.3 is 18.1 Å². The summed E-state index contributed by atoms with van der Waals surface area (Å²) in [5.41, 5.74) is 1.68. The first kappa shape index (κ1) is 38.8. The van der Waals surface area contributed by atoms with Crippen LogP contribution in [0.2, 0.25) is 10.0 Å². The van der Waals surface area contributed by atoms with Crippen molar-refractivity contribution in [2.75, 3.05) is 10.6 Å². The highest BCUT2D eigenvalue weighted by atomic mass is 35.5. The van der Waals surface area contributed by atoms with Crippen molar-refractivity contribution in [3.63, 3.8) is 0 Å². The Labute approximate surface area is 310 Å². The molecule has 53 heavy (non-hydrogen) atoms. The molecule has 2 aliphatic carbocycles. The molecular weight excluding hydrogens is 739 g/mol. The zero-order valence-electron chi connectivity index (χ0n) is 27.5. The summed E-state index contributed by atoms with van der Waals surface area (Å²) in [4.78, 5) is 46.7. The van der Waals surface area contributed by atoms with E-state index in [-0.39, 0.29) is 51.2 Å². The second-order valence-electron chi connectivity index (χ2n) is 12.3. The second-order valence-corrected chi connectivity index (χ2v) is 13.1. The fourth-order valence-electron chi connectivity index (χ4n) is 4.93. The van der Waals surface area contributed by atoms with Gasteiger partial charge in [0.15, 0.2) is 0 Å². The minimum Gasteiger partial charge on any atom is -0.478 e. The monoisotopic (exact) mass is 768 g/mol. The SMILES string of the molecule is O=C(O)c1cc(C=Cc2ccc(C(F)(F)F)c(Cl)c2)ccc1NC(=O)C1CC1.O=C(O)c1cc(C=Cc2ccc(Cl)c(F)c2)ccc1NC(=O)C1CC1. The highest BCUT2D eigenvalue weighted by Gasteiger charge is 2.33. The minimum absolute atomic E-state index is 0.0124. The highest BCUT2D eigenvalue weighted by molar-refractivity contribution is 6.31. The van der Waals surface area contributed by atoms with E-state index in [4.69, 9.17) is 23.2 Å². The van der Waals surface area contributed by atoms with Crippen molar-refractivity contribution in [1.82, 2.24) is 0 Å². The Kier molecular flexibility index (Phi) is 12.0. The molecule has 0 bridgehead atoms. The normalized spacial score (nSPS) is 14.1. The van der Waals surface area contributed by atoms with Gasteiger partial charge in [-0.3, -0.25) is 9.59 Å². The topological polar surface area (TPSA) is 133 Å². The predicted octanol–water partition coefficient (Wildman–Crippen LogP) is 10.3. The third-order valence-electron chi connectivity index (χ3n) is 8.14. The van der Waals surface area contributed by atoms with E-state index in [2.05, 4.69) is 10.6 Å². The number of carbonyl (C=O) groups is 4. The van der Waals surface area contributed by atoms with Gasteiger partial charge in [0.2, 0.25) is 11.8 Å². The average molecular weight is 770 g/mol. The molecule has 0 unspecified atom stereocenters. The van der Waals surface area contributed by atoms with Crippen LogP contribution in [0.25, 0.3) is 24.3 Å². The van der Waals surface area contributed by atoms with Gasteiger partial charge in [0.1, 0.15) is 5.82 Å². The van der Waals surface area contributed by atoms with Crippen LogP contribution in [0.4, 0.5) is 28.9 Å². The highest BCUT2D eigenvalue weighted by Crippen LogP contribution is 2.36. The number of anilines is 2. The van der Waals surface area contributed by atoms with Crippen molar-refractivity contribution in [2.24, 2.45) is 11.8 Å². The Morgan fingerprint density at radius 1 is 0.604 bits per heavy atom. The van der Waals surface area contributed by atoms with Gasteiger partial charge in [0.05, 0.1) is 38.1 Å².